The van der Waals surface area contributed by atoms with Gasteiger partial charge >= 0.3 is 0 Å². The average Bonchev–Trinajstić information content (AvgIpc) is 3.32. The van der Waals surface area contributed by atoms with E-state index in [1.54, 1.807) is 27.8 Å². The van der Waals surface area contributed by atoms with E-state index in [1.165, 1.54) is 17.0 Å². The van der Waals surface area contributed by atoms with Crippen LogP contribution in [0.15, 0.2) is 39.8 Å². The fourth-order valence-corrected chi connectivity index (χ4v) is 5.97. The molecule has 11 heteroatoms. The fraction of sp³-hybridized carbons (Fsp3) is 0.435. The lowest BCUT2D eigenvalue weighted by Crippen LogP contribution is -2.52. The summed E-state index contributed by atoms with van der Waals surface area (Å²) in [5.41, 5.74) is 1.15. The fourth-order valence-electron chi connectivity index (χ4n) is 4.75. The zero-order valence-electron chi connectivity index (χ0n) is 18.8. The Morgan fingerprint density at radius 3 is 2.65 bits per heavy atom. The summed E-state index contributed by atoms with van der Waals surface area (Å²) < 4.78 is 26.6. The van der Waals surface area contributed by atoms with Crippen LogP contribution in [-0.2, 0) is 32.6 Å². The number of aryl methyl sites for hydroxylation is 1. The molecule has 0 radical (unpaired) electrons. The van der Waals surface area contributed by atoms with Gasteiger partial charge in [-0.3, -0.25) is 14.5 Å². The van der Waals surface area contributed by atoms with Gasteiger partial charge in [0.25, 0.3) is 0 Å². The molecule has 1 fully saturated rings. The Labute approximate surface area is 207 Å². The maximum atomic E-state index is 13.7. The monoisotopic (exact) mass is 547 g/mol. The highest BCUT2D eigenvalue weighted by atomic mass is 79.9. The Morgan fingerprint density at radius 1 is 1.29 bits per heavy atom. The van der Waals surface area contributed by atoms with E-state index in [9.17, 15) is 23.3 Å². The molecule has 0 spiro atoms. The topological polar surface area (TPSA) is 130 Å². The summed E-state index contributed by atoms with van der Waals surface area (Å²) in [5.74, 6) is 0.0206. The summed E-state index contributed by atoms with van der Waals surface area (Å²) in [5, 5.41) is 14.9. The van der Waals surface area contributed by atoms with Crippen molar-refractivity contribution < 1.29 is 18.0 Å². The van der Waals surface area contributed by atoms with Gasteiger partial charge < -0.3 is 9.47 Å². The molecular weight excluding hydrogens is 522 g/mol. The number of fused-ring (bicyclic) bond motifs is 1. The van der Waals surface area contributed by atoms with Gasteiger partial charge in [-0.15, -0.1) is 0 Å². The predicted octanol–water partition coefficient (Wildman–Crippen LogP) is 2.38. The lowest BCUT2D eigenvalue weighted by molar-refractivity contribution is -0.135. The largest absolute Gasteiger partial charge is 0.341 e. The third-order valence-electron chi connectivity index (χ3n) is 6.63. The number of nitriles is 1. The molecular formula is C23H26BrN5O4S. The van der Waals surface area contributed by atoms with Crippen LogP contribution in [0.1, 0.15) is 37.4 Å². The second kappa shape index (κ2) is 9.52. The van der Waals surface area contributed by atoms with Crippen molar-refractivity contribution in [1.82, 2.24) is 9.47 Å². The van der Waals surface area contributed by atoms with Crippen molar-refractivity contribution in [3.8, 4) is 6.07 Å². The van der Waals surface area contributed by atoms with Gasteiger partial charge in [-0.05, 0) is 59.3 Å². The normalized spacial score (nSPS) is 17.5. The molecule has 34 heavy (non-hydrogen) atoms. The minimum absolute atomic E-state index is 0.0973. The molecule has 0 bridgehead atoms. The van der Waals surface area contributed by atoms with Crippen LogP contribution in [-0.4, -0.2) is 48.8 Å². The van der Waals surface area contributed by atoms with E-state index in [-0.39, 0.29) is 29.6 Å². The number of halogens is 1. The molecule has 4 rings (SSSR count). The van der Waals surface area contributed by atoms with Crippen LogP contribution in [0.3, 0.4) is 0 Å². The molecule has 1 aromatic carbocycles. The molecule has 0 saturated carbocycles. The van der Waals surface area contributed by atoms with Gasteiger partial charge in [0.05, 0.1) is 15.8 Å². The highest BCUT2D eigenvalue weighted by molar-refractivity contribution is 9.10. The highest BCUT2D eigenvalue weighted by Gasteiger charge is 2.41. The standard InChI is InChI=1S/C23H26BrN5O4S/c1-15-5-9-28(10-6-15)23(31)19(8-12-27-11-7-17(24)20(27)14-25)29-18-3-2-4-21(34(26,32)33)16(18)13-22(29)30/h2-4,7,11,15,19H,5-6,8-10,12-13H2,1H3,(H2,26,32,33). The number of anilines is 1. The third-order valence-corrected chi connectivity index (χ3v) is 8.26. The number of rotatable bonds is 6. The first-order valence-electron chi connectivity index (χ1n) is 11.1. The van der Waals surface area contributed by atoms with Gasteiger partial charge in [0.15, 0.2) is 0 Å². The van der Waals surface area contributed by atoms with E-state index >= 15 is 0 Å². The third kappa shape index (κ3) is 4.62. The van der Waals surface area contributed by atoms with Crippen LogP contribution in [0, 0.1) is 17.2 Å². The Hall–Kier alpha value is -2.68. The summed E-state index contributed by atoms with van der Waals surface area (Å²) in [6, 6.07) is 7.64. The molecule has 2 amide bonds. The Kier molecular flexibility index (Phi) is 6.85. The maximum absolute atomic E-state index is 13.7. The molecule has 1 aromatic heterocycles. The first-order chi connectivity index (χ1) is 16.1. The molecule has 2 aliphatic rings. The molecule has 1 atom stereocenters. The zero-order chi connectivity index (χ0) is 24.6. The molecule has 180 valence electrons. The van der Waals surface area contributed by atoms with Crippen LogP contribution in [0.2, 0.25) is 0 Å². The number of sulfonamides is 1. The van der Waals surface area contributed by atoms with E-state index in [0.717, 1.165) is 12.8 Å². The number of aromatic nitrogens is 1. The van der Waals surface area contributed by atoms with Crippen molar-refractivity contribution in [1.29, 1.82) is 5.26 Å². The van der Waals surface area contributed by atoms with Gasteiger partial charge in [0.2, 0.25) is 21.8 Å². The minimum Gasteiger partial charge on any atom is -0.341 e. The number of primary sulfonamides is 1. The van der Waals surface area contributed by atoms with Gasteiger partial charge in [0.1, 0.15) is 17.8 Å². The van der Waals surface area contributed by atoms with Gasteiger partial charge in [-0.2, -0.15) is 5.26 Å². The number of piperidine rings is 1. The van der Waals surface area contributed by atoms with Crippen molar-refractivity contribution in [2.75, 3.05) is 18.0 Å². The van der Waals surface area contributed by atoms with Crippen LogP contribution in [0.4, 0.5) is 5.69 Å². The summed E-state index contributed by atoms with van der Waals surface area (Å²) in [4.78, 5) is 30.0. The summed E-state index contributed by atoms with van der Waals surface area (Å²) in [6.07, 6.45) is 3.67. The number of likely N-dealkylation sites (tertiary alicyclic amines) is 1. The molecule has 1 saturated heterocycles. The number of hydrogen-bond acceptors (Lipinski definition) is 5. The number of benzene rings is 1. The van der Waals surface area contributed by atoms with Crippen molar-refractivity contribution in [2.24, 2.45) is 11.1 Å². The predicted molar refractivity (Wildman–Crippen MR) is 129 cm³/mol. The van der Waals surface area contributed by atoms with Crippen molar-refractivity contribution >= 4 is 43.5 Å². The van der Waals surface area contributed by atoms with E-state index in [4.69, 9.17) is 5.14 Å². The van der Waals surface area contributed by atoms with Gasteiger partial charge in [0, 0.05) is 37.1 Å². The molecule has 3 heterocycles. The molecule has 9 nitrogen and oxygen atoms in total. The van der Waals surface area contributed by atoms with Crippen LogP contribution >= 0.6 is 15.9 Å². The minimum atomic E-state index is -4.03. The first kappa shape index (κ1) is 24.4. The Bertz CT molecular complexity index is 1270. The lowest BCUT2D eigenvalue weighted by atomic mass is 9.98. The Balaban J connectivity index is 1.71. The van der Waals surface area contributed by atoms with E-state index in [0.29, 0.717) is 47.0 Å². The number of nitrogens with two attached hydrogens (primary N) is 1. The number of carbonyl (C=O) groups is 2. The van der Waals surface area contributed by atoms with Crippen LogP contribution in [0.5, 0.6) is 0 Å². The Morgan fingerprint density at radius 2 is 2.00 bits per heavy atom. The molecule has 2 aromatic rings. The SMILES string of the molecule is CC1CCN(C(=O)C(CCn2ccc(Br)c2C#N)N2C(=O)Cc3c2cccc3S(N)(=O)=O)CC1. The van der Waals surface area contributed by atoms with Crippen LogP contribution in [0.25, 0.3) is 0 Å². The lowest BCUT2D eigenvalue weighted by Gasteiger charge is -2.36. The number of nitrogens with zero attached hydrogens (tertiary/aromatic N) is 4. The summed E-state index contributed by atoms with van der Waals surface area (Å²) in [7, 11) is -4.03. The number of carbonyl (C=O) groups excluding carboxylic acids is 2. The number of amides is 2. The van der Waals surface area contributed by atoms with E-state index < -0.39 is 16.1 Å². The van der Waals surface area contributed by atoms with E-state index in [1.807, 2.05) is 0 Å². The molecule has 0 aliphatic carbocycles. The zero-order valence-corrected chi connectivity index (χ0v) is 21.2. The second-order valence-electron chi connectivity index (χ2n) is 8.87. The number of hydrogen-bond donors (Lipinski definition) is 1. The van der Waals surface area contributed by atoms with Crippen molar-refractivity contribution in [3.63, 3.8) is 0 Å². The maximum Gasteiger partial charge on any atom is 0.245 e. The van der Waals surface area contributed by atoms with E-state index in [2.05, 4.69) is 28.9 Å². The van der Waals surface area contributed by atoms with Crippen molar-refractivity contribution in [2.45, 2.75) is 50.1 Å². The molecule has 1 unspecified atom stereocenters. The molecule has 2 aliphatic heterocycles. The van der Waals surface area contributed by atoms with Gasteiger partial charge in [-0.1, -0.05) is 13.0 Å². The van der Waals surface area contributed by atoms with Gasteiger partial charge in [-0.25, -0.2) is 13.6 Å². The second-order valence-corrected chi connectivity index (χ2v) is 11.3. The van der Waals surface area contributed by atoms with Crippen LogP contribution < -0.4 is 10.0 Å². The first-order valence-corrected chi connectivity index (χ1v) is 13.5. The average molecular weight is 548 g/mol. The molecule has 2 N–H and O–H groups in total. The quantitative estimate of drug-likeness (QED) is 0.593. The summed E-state index contributed by atoms with van der Waals surface area (Å²) >= 11 is 3.35. The highest BCUT2D eigenvalue weighted by Crippen LogP contribution is 2.36. The summed E-state index contributed by atoms with van der Waals surface area (Å²) in [6.45, 7) is 3.72. The smallest absolute Gasteiger partial charge is 0.245 e. The van der Waals surface area contributed by atoms with Crippen molar-refractivity contribution in [3.05, 3.63) is 46.2 Å².